The third-order valence-electron chi connectivity index (χ3n) is 3.51. The number of rotatable bonds is 5. The Morgan fingerprint density at radius 3 is 2.60 bits per heavy atom. The first-order chi connectivity index (χ1) is 7.26. The average molecular weight is 229 g/mol. The molecule has 0 bridgehead atoms. The average Bonchev–Trinajstić information content (AvgIpc) is 2.54. The summed E-state index contributed by atoms with van der Waals surface area (Å²) >= 11 is 2.04. The summed E-state index contributed by atoms with van der Waals surface area (Å²) in [5, 5.41) is 0. The van der Waals surface area contributed by atoms with Crippen LogP contribution in [0.3, 0.4) is 0 Å². The molecule has 0 amide bonds. The summed E-state index contributed by atoms with van der Waals surface area (Å²) < 4.78 is 0. The standard InChI is InChI=1S/C12H23NOS/c1-3-12(4-2,11-14)10-13-6-5-8-15-9-7-13/h11H,3-10H2,1-2H3. The Kier molecular flexibility index (Phi) is 5.69. The second-order valence-electron chi connectivity index (χ2n) is 4.43. The molecule has 0 atom stereocenters. The minimum absolute atomic E-state index is 0.0883. The molecular formula is C12H23NOS. The number of thioether (sulfide) groups is 1. The Morgan fingerprint density at radius 2 is 2.00 bits per heavy atom. The zero-order valence-corrected chi connectivity index (χ0v) is 10.8. The van der Waals surface area contributed by atoms with Crippen LogP contribution in [0, 0.1) is 5.41 Å². The molecule has 0 aromatic heterocycles. The van der Waals surface area contributed by atoms with Gasteiger partial charge in [0.15, 0.2) is 0 Å². The predicted molar refractivity (Wildman–Crippen MR) is 67.5 cm³/mol. The zero-order chi connectivity index (χ0) is 11.1. The zero-order valence-electron chi connectivity index (χ0n) is 10.00. The largest absolute Gasteiger partial charge is 0.303 e. The van der Waals surface area contributed by atoms with Crippen molar-refractivity contribution >= 4 is 18.0 Å². The number of hydrogen-bond donors (Lipinski definition) is 0. The van der Waals surface area contributed by atoms with Crippen LogP contribution in [-0.2, 0) is 4.79 Å². The smallest absolute Gasteiger partial charge is 0.127 e. The van der Waals surface area contributed by atoms with Crippen molar-refractivity contribution in [3.05, 3.63) is 0 Å². The molecule has 0 aromatic rings. The Morgan fingerprint density at radius 1 is 1.27 bits per heavy atom. The Balaban J connectivity index is 2.51. The predicted octanol–water partition coefficient (Wildman–Crippen LogP) is 2.43. The fourth-order valence-corrected chi connectivity index (χ4v) is 3.00. The van der Waals surface area contributed by atoms with Gasteiger partial charge in [-0.2, -0.15) is 11.8 Å². The van der Waals surface area contributed by atoms with Gasteiger partial charge in [-0.1, -0.05) is 13.8 Å². The van der Waals surface area contributed by atoms with Gasteiger partial charge < -0.3 is 9.69 Å². The van der Waals surface area contributed by atoms with Gasteiger partial charge in [0, 0.05) is 24.3 Å². The maximum Gasteiger partial charge on any atom is 0.127 e. The van der Waals surface area contributed by atoms with Gasteiger partial charge >= 0.3 is 0 Å². The van der Waals surface area contributed by atoms with E-state index >= 15 is 0 Å². The molecular weight excluding hydrogens is 206 g/mol. The van der Waals surface area contributed by atoms with Crippen LogP contribution in [0.4, 0.5) is 0 Å². The Hall–Kier alpha value is -0.0200. The minimum atomic E-state index is -0.0883. The van der Waals surface area contributed by atoms with Gasteiger partial charge in [-0.3, -0.25) is 0 Å². The van der Waals surface area contributed by atoms with Gasteiger partial charge in [0.2, 0.25) is 0 Å². The molecule has 0 N–H and O–H groups in total. The highest BCUT2D eigenvalue weighted by molar-refractivity contribution is 7.99. The van der Waals surface area contributed by atoms with E-state index in [0.717, 1.165) is 25.9 Å². The summed E-state index contributed by atoms with van der Waals surface area (Å²) in [4.78, 5) is 13.7. The third kappa shape index (κ3) is 3.80. The molecule has 3 heteroatoms. The molecule has 1 rings (SSSR count). The summed E-state index contributed by atoms with van der Waals surface area (Å²) in [6.45, 7) is 7.54. The molecule has 1 aliphatic rings. The molecule has 88 valence electrons. The third-order valence-corrected chi connectivity index (χ3v) is 4.56. The van der Waals surface area contributed by atoms with E-state index in [9.17, 15) is 4.79 Å². The van der Waals surface area contributed by atoms with Gasteiger partial charge in [-0.15, -0.1) is 0 Å². The highest BCUT2D eigenvalue weighted by atomic mass is 32.2. The van der Waals surface area contributed by atoms with E-state index in [1.165, 1.54) is 30.8 Å². The first-order valence-corrected chi connectivity index (χ1v) is 7.18. The summed E-state index contributed by atoms with van der Waals surface area (Å²) in [6, 6.07) is 0. The van der Waals surface area contributed by atoms with Gasteiger partial charge in [0.05, 0.1) is 0 Å². The van der Waals surface area contributed by atoms with Gasteiger partial charge in [-0.25, -0.2) is 0 Å². The second kappa shape index (κ2) is 6.54. The maximum absolute atomic E-state index is 11.2. The summed E-state index contributed by atoms with van der Waals surface area (Å²) in [6.07, 6.45) is 4.39. The van der Waals surface area contributed by atoms with Crippen LogP contribution >= 0.6 is 11.8 Å². The van der Waals surface area contributed by atoms with E-state index in [1.54, 1.807) is 0 Å². The Labute approximate surface area is 97.8 Å². The first-order valence-electron chi connectivity index (χ1n) is 6.03. The van der Waals surface area contributed by atoms with E-state index < -0.39 is 0 Å². The monoisotopic (exact) mass is 229 g/mol. The molecule has 1 aliphatic heterocycles. The SMILES string of the molecule is CCC(C=O)(CC)CN1CCCSCC1. The van der Waals surface area contributed by atoms with Crippen molar-refractivity contribution < 1.29 is 4.79 Å². The highest BCUT2D eigenvalue weighted by Gasteiger charge is 2.28. The molecule has 0 spiro atoms. The fourth-order valence-electron chi connectivity index (χ4n) is 2.08. The molecule has 1 fully saturated rings. The fraction of sp³-hybridized carbons (Fsp3) is 0.917. The van der Waals surface area contributed by atoms with Gasteiger partial charge in [-0.05, 0) is 31.6 Å². The lowest BCUT2D eigenvalue weighted by molar-refractivity contribution is -0.117. The van der Waals surface area contributed by atoms with E-state index in [0.29, 0.717) is 0 Å². The number of aldehydes is 1. The van der Waals surface area contributed by atoms with Crippen molar-refractivity contribution in [2.75, 3.05) is 31.1 Å². The lowest BCUT2D eigenvalue weighted by Crippen LogP contribution is -2.39. The molecule has 1 heterocycles. The van der Waals surface area contributed by atoms with Crippen LogP contribution in [0.25, 0.3) is 0 Å². The Bertz CT molecular complexity index is 184. The van der Waals surface area contributed by atoms with Crippen molar-refractivity contribution in [3.63, 3.8) is 0 Å². The molecule has 0 aromatic carbocycles. The topological polar surface area (TPSA) is 20.3 Å². The van der Waals surface area contributed by atoms with E-state index in [4.69, 9.17) is 0 Å². The molecule has 0 radical (unpaired) electrons. The van der Waals surface area contributed by atoms with Crippen molar-refractivity contribution in [2.24, 2.45) is 5.41 Å². The van der Waals surface area contributed by atoms with Crippen LogP contribution < -0.4 is 0 Å². The number of nitrogens with zero attached hydrogens (tertiary/aromatic N) is 1. The molecule has 0 saturated carbocycles. The number of hydrogen-bond acceptors (Lipinski definition) is 3. The molecule has 2 nitrogen and oxygen atoms in total. The normalized spacial score (nSPS) is 19.9. The second-order valence-corrected chi connectivity index (χ2v) is 5.65. The maximum atomic E-state index is 11.2. The van der Waals surface area contributed by atoms with Crippen LogP contribution in [-0.4, -0.2) is 42.3 Å². The lowest BCUT2D eigenvalue weighted by atomic mass is 9.83. The number of carbonyl (C=O) groups is 1. The molecule has 0 aliphatic carbocycles. The van der Waals surface area contributed by atoms with Crippen molar-refractivity contribution in [1.29, 1.82) is 0 Å². The van der Waals surface area contributed by atoms with E-state index in [2.05, 4.69) is 18.7 Å². The van der Waals surface area contributed by atoms with Crippen LogP contribution in [0.15, 0.2) is 0 Å². The first kappa shape index (κ1) is 13.0. The van der Waals surface area contributed by atoms with Crippen molar-refractivity contribution in [3.8, 4) is 0 Å². The summed E-state index contributed by atoms with van der Waals surface area (Å²) in [7, 11) is 0. The van der Waals surface area contributed by atoms with E-state index in [1.807, 2.05) is 11.8 Å². The van der Waals surface area contributed by atoms with Crippen LogP contribution in [0.2, 0.25) is 0 Å². The van der Waals surface area contributed by atoms with Crippen molar-refractivity contribution in [2.45, 2.75) is 33.1 Å². The summed E-state index contributed by atoms with van der Waals surface area (Å²) in [5.74, 6) is 2.51. The van der Waals surface area contributed by atoms with E-state index in [-0.39, 0.29) is 5.41 Å². The van der Waals surface area contributed by atoms with Gasteiger partial charge in [0.25, 0.3) is 0 Å². The number of carbonyl (C=O) groups excluding carboxylic acids is 1. The quantitative estimate of drug-likeness (QED) is 0.675. The minimum Gasteiger partial charge on any atom is -0.303 e. The van der Waals surface area contributed by atoms with Crippen LogP contribution in [0.1, 0.15) is 33.1 Å². The molecule has 1 saturated heterocycles. The molecule has 15 heavy (non-hydrogen) atoms. The van der Waals surface area contributed by atoms with Crippen molar-refractivity contribution in [1.82, 2.24) is 4.90 Å². The highest BCUT2D eigenvalue weighted by Crippen LogP contribution is 2.25. The van der Waals surface area contributed by atoms with Gasteiger partial charge in [0.1, 0.15) is 6.29 Å². The lowest BCUT2D eigenvalue weighted by Gasteiger charge is -2.32. The summed E-state index contributed by atoms with van der Waals surface area (Å²) in [5.41, 5.74) is -0.0883. The van der Waals surface area contributed by atoms with Crippen LogP contribution in [0.5, 0.6) is 0 Å². The molecule has 0 unspecified atom stereocenters.